The first-order valence-electron chi connectivity index (χ1n) is 6.33. The Morgan fingerprint density at radius 2 is 1.80 bits per heavy atom. The van der Waals surface area contributed by atoms with Crippen molar-refractivity contribution in [1.82, 2.24) is 9.97 Å². The molecule has 0 saturated heterocycles. The number of hydrogen-bond acceptors (Lipinski definition) is 5. The molecule has 104 valence electrons. The van der Waals surface area contributed by atoms with Crippen molar-refractivity contribution < 1.29 is 0 Å². The Hall–Kier alpha value is -1.88. The van der Waals surface area contributed by atoms with Crippen LogP contribution in [0.2, 0.25) is 0 Å². The van der Waals surface area contributed by atoms with E-state index in [1.54, 1.807) is 0 Å². The van der Waals surface area contributed by atoms with Crippen LogP contribution in [0, 0.1) is 19.3 Å². The maximum absolute atomic E-state index is 7.67. The molecule has 20 heavy (non-hydrogen) atoms. The Bertz CT molecular complexity index is 632. The Morgan fingerprint density at radius 3 is 2.30 bits per heavy atom. The standard InChI is InChI=1S/C15H18N4S/c1-9-6-5-7-10(2)12(9)13-11(8-16)18-15(20-4)19-14(13)17-3/h5-8,16H,1-4H3,(H,17,18,19). The average molecular weight is 286 g/mol. The summed E-state index contributed by atoms with van der Waals surface area (Å²) in [5.74, 6) is 0.764. The maximum atomic E-state index is 7.67. The molecule has 1 aromatic carbocycles. The number of aryl methyl sites for hydroxylation is 2. The van der Waals surface area contributed by atoms with E-state index < -0.39 is 0 Å². The summed E-state index contributed by atoms with van der Waals surface area (Å²) >= 11 is 1.47. The van der Waals surface area contributed by atoms with Crippen molar-refractivity contribution in [2.24, 2.45) is 0 Å². The molecule has 0 unspecified atom stereocenters. The zero-order valence-electron chi connectivity index (χ0n) is 12.1. The fourth-order valence-corrected chi connectivity index (χ4v) is 2.66. The molecular weight excluding hydrogens is 268 g/mol. The first-order chi connectivity index (χ1) is 9.62. The summed E-state index contributed by atoms with van der Waals surface area (Å²) in [6.07, 6.45) is 3.23. The average Bonchev–Trinajstić information content (AvgIpc) is 2.46. The summed E-state index contributed by atoms with van der Waals surface area (Å²) in [5.41, 5.74) is 4.96. The van der Waals surface area contributed by atoms with E-state index in [2.05, 4.69) is 41.3 Å². The Morgan fingerprint density at radius 1 is 1.15 bits per heavy atom. The topological polar surface area (TPSA) is 61.7 Å². The van der Waals surface area contributed by atoms with Gasteiger partial charge in [-0.1, -0.05) is 30.0 Å². The van der Waals surface area contributed by atoms with Gasteiger partial charge in [0.15, 0.2) is 5.16 Å². The van der Waals surface area contributed by atoms with E-state index in [0.717, 1.165) is 28.1 Å². The molecular formula is C15H18N4S. The third-order valence-electron chi connectivity index (χ3n) is 3.20. The highest BCUT2D eigenvalue weighted by atomic mass is 32.2. The third-order valence-corrected chi connectivity index (χ3v) is 3.75. The van der Waals surface area contributed by atoms with E-state index in [0.29, 0.717) is 10.9 Å². The molecule has 2 rings (SSSR count). The van der Waals surface area contributed by atoms with E-state index in [1.807, 2.05) is 19.4 Å². The normalized spacial score (nSPS) is 10.4. The number of anilines is 1. The van der Waals surface area contributed by atoms with Crippen molar-refractivity contribution in [3.63, 3.8) is 0 Å². The molecule has 2 aromatic rings. The summed E-state index contributed by atoms with van der Waals surface area (Å²) in [6.45, 7) is 4.13. The van der Waals surface area contributed by atoms with E-state index in [4.69, 9.17) is 5.41 Å². The molecule has 0 aliphatic carbocycles. The number of nitrogens with one attached hydrogen (secondary N) is 2. The monoisotopic (exact) mass is 286 g/mol. The number of hydrogen-bond donors (Lipinski definition) is 2. The lowest BCUT2D eigenvalue weighted by Crippen LogP contribution is -2.05. The highest BCUT2D eigenvalue weighted by Crippen LogP contribution is 2.34. The number of thioether (sulfide) groups is 1. The van der Waals surface area contributed by atoms with Gasteiger partial charge in [0.2, 0.25) is 0 Å². The molecule has 0 saturated carbocycles. The second kappa shape index (κ2) is 6.05. The predicted octanol–water partition coefficient (Wildman–Crippen LogP) is 3.52. The van der Waals surface area contributed by atoms with Crippen molar-refractivity contribution >= 4 is 23.8 Å². The van der Waals surface area contributed by atoms with Crippen molar-refractivity contribution in [3.05, 3.63) is 35.0 Å². The Labute approximate surface area is 123 Å². The minimum absolute atomic E-state index is 0.645. The van der Waals surface area contributed by atoms with Gasteiger partial charge in [-0.2, -0.15) is 0 Å². The van der Waals surface area contributed by atoms with Crippen LogP contribution < -0.4 is 5.32 Å². The van der Waals surface area contributed by atoms with Crippen molar-refractivity contribution in [2.45, 2.75) is 19.0 Å². The molecule has 0 amide bonds. The second-order valence-corrected chi connectivity index (χ2v) is 5.25. The van der Waals surface area contributed by atoms with Gasteiger partial charge in [-0.15, -0.1) is 0 Å². The van der Waals surface area contributed by atoms with Crippen LogP contribution in [0.4, 0.5) is 5.82 Å². The number of rotatable bonds is 4. The minimum atomic E-state index is 0.645. The van der Waals surface area contributed by atoms with Crippen molar-refractivity contribution in [2.75, 3.05) is 18.6 Å². The van der Waals surface area contributed by atoms with Gasteiger partial charge in [-0.3, -0.25) is 0 Å². The van der Waals surface area contributed by atoms with E-state index in [1.165, 1.54) is 18.0 Å². The van der Waals surface area contributed by atoms with Gasteiger partial charge in [0.25, 0.3) is 0 Å². The van der Waals surface area contributed by atoms with Gasteiger partial charge in [0.05, 0.1) is 11.3 Å². The van der Waals surface area contributed by atoms with Crippen LogP contribution in [-0.2, 0) is 0 Å². The summed E-state index contributed by atoms with van der Waals surface area (Å²) in [4.78, 5) is 8.96. The van der Waals surface area contributed by atoms with Crippen molar-refractivity contribution in [1.29, 1.82) is 5.41 Å². The van der Waals surface area contributed by atoms with E-state index in [-0.39, 0.29) is 0 Å². The highest BCUT2D eigenvalue weighted by Gasteiger charge is 2.17. The Kier molecular flexibility index (Phi) is 4.39. The lowest BCUT2D eigenvalue weighted by atomic mass is 9.95. The first kappa shape index (κ1) is 14.5. The van der Waals surface area contributed by atoms with Crippen LogP contribution in [0.3, 0.4) is 0 Å². The van der Waals surface area contributed by atoms with Gasteiger partial charge >= 0.3 is 0 Å². The Balaban J connectivity index is 2.82. The lowest BCUT2D eigenvalue weighted by Gasteiger charge is -2.16. The van der Waals surface area contributed by atoms with E-state index >= 15 is 0 Å². The van der Waals surface area contributed by atoms with Crippen LogP contribution in [0.1, 0.15) is 16.8 Å². The molecule has 5 heteroatoms. The molecule has 0 spiro atoms. The van der Waals surface area contributed by atoms with Gasteiger partial charge in [-0.25, -0.2) is 9.97 Å². The zero-order chi connectivity index (χ0) is 14.7. The molecule has 0 bridgehead atoms. The van der Waals surface area contributed by atoms with E-state index in [9.17, 15) is 0 Å². The van der Waals surface area contributed by atoms with Crippen LogP contribution >= 0.6 is 11.8 Å². The van der Waals surface area contributed by atoms with Crippen LogP contribution in [0.15, 0.2) is 23.4 Å². The summed E-state index contributed by atoms with van der Waals surface area (Å²) in [5, 5.41) is 11.5. The van der Waals surface area contributed by atoms with Gasteiger partial charge < -0.3 is 10.7 Å². The van der Waals surface area contributed by atoms with Gasteiger partial charge in [0.1, 0.15) is 5.82 Å². The number of aromatic nitrogens is 2. The predicted molar refractivity (Wildman–Crippen MR) is 86.2 cm³/mol. The van der Waals surface area contributed by atoms with Gasteiger partial charge in [-0.05, 0) is 36.8 Å². The molecule has 2 N–H and O–H groups in total. The fourth-order valence-electron chi connectivity index (χ4n) is 2.29. The smallest absolute Gasteiger partial charge is 0.189 e. The quantitative estimate of drug-likeness (QED) is 0.513. The molecule has 0 radical (unpaired) electrons. The largest absolute Gasteiger partial charge is 0.372 e. The van der Waals surface area contributed by atoms with Crippen LogP contribution in [0.25, 0.3) is 11.1 Å². The molecule has 4 nitrogen and oxygen atoms in total. The lowest BCUT2D eigenvalue weighted by molar-refractivity contribution is 0.966. The minimum Gasteiger partial charge on any atom is -0.372 e. The van der Waals surface area contributed by atoms with Crippen LogP contribution in [-0.4, -0.2) is 29.5 Å². The molecule has 0 aliphatic rings. The number of benzene rings is 1. The van der Waals surface area contributed by atoms with Crippen molar-refractivity contribution in [3.8, 4) is 11.1 Å². The molecule has 0 aliphatic heterocycles. The zero-order valence-corrected chi connectivity index (χ0v) is 12.9. The van der Waals surface area contributed by atoms with Gasteiger partial charge in [0, 0.05) is 13.3 Å². The molecule has 0 fully saturated rings. The molecule has 1 aromatic heterocycles. The molecule has 1 heterocycles. The first-order valence-corrected chi connectivity index (χ1v) is 7.55. The molecule has 0 atom stereocenters. The summed E-state index contributed by atoms with van der Waals surface area (Å²) < 4.78 is 0. The highest BCUT2D eigenvalue weighted by molar-refractivity contribution is 7.98. The van der Waals surface area contributed by atoms with Crippen LogP contribution in [0.5, 0.6) is 0 Å². The third kappa shape index (κ3) is 2.54. The fraction of sp³-hybridized carbons (Fsp3) is 0.267. The second-order valence-electron chi connectivity index (χ2n) is 4.48. The SMILES string of the molecule is CNc1nc(SC)nc(C=N)c1-c1c(C)cccc1C. The summed E-state index contributed by atoms with van der Waals surface area (Å²) in [6, 6.07) is 6.17. The number of nitrogens with zero attached hydrogens (tertiary/aromatic N) is 2. The summed E-state index contributed by atoms with van der Waals surface area (Å²) in [7, 11) is 1.84. The maximum Gasteiger partial charge on any atom is 0.189 e.